The predicted octanol–water partition coefficient (Wildman–Crippen LogP) is 3.40. The molecule has 1 fully saturated rings. The number of aryl methyl sites for hydroxylation is 2. The van der Waals surface area contributed by atoms with Crippen molar-refractivity contribution in [1.29, 1.82) is 0 Å². The van der Waals surface area contributed by atoms with E-state index in [1.165, 1.54) is 0 Å². The molecule has 8 heteroatoms. The molecule has 0 aliphatic carbocycles. The van der Waals surface area contributed by atoms with Crippen molar-refractivity contribution in [2.45, 2.75) is 20.3 Å². The lowest BCUT2D eigenvalue weighted by Gasteiger charge is -2.21. The molecular formula is C25H28N6O2. The number of carbonyl (C=O) groups excluding carboxylic acids is 2. The van der Waals surface area contributed by atoms with Crippen LogP contribution in [0.25, 0.3) is 0 Å². The van der Waals surface area contributed by atoms with E-state index in [9.17, 15) is 9.59 Å². The summed E-state index contributed by atoms with van der Waals surface area (Å²) in [6.07, 6.45) is 4.48. The van der Waals surface area contributed by atoms with Gasteiger partial charge in [0.25, 0.3) is 11.8 Å². The van der Waals surface area contributed by atoms with Gasteiger partial charge in [0, 0.05) is 25.8 Å². The Morgan fingerprint density at radius 1 is 0.879 bits per heavy atom. The topological polar surface area (TPSA) is 99.2 Å². The molecule has 0 spiro atoms. The smallest absolute Gasteiger partial charge is 0.274 e. The predicted molar refractivity (Wildman–Crippen MR) is 130 cm³/mol. The summed E-state index contributed by atoms with van der Waals surface area (Å²) in [5.41, 5.74) is 3.97. The molecule has 0 unspecified atom stereocenters. The van der Waals surface area contributed by atoms with Gasteiger partial charge in [-0.15, -0.1) is 0 Å². The summed E-state index contributed by atoms with van der Waals surface area (Å²) in [4.78, 5) is 36.6. The van der Waals surface area contributed by atoms with Gasteiger partial charge in [0.1, 0.15) is 11.5 Å². The lowest BCUT2D eigenvalue weighted by Crippen LogP contribution is -2.28. The number of hydrogen-bond donors (Lipinski definition) is 3. The zero-order chi connectivity index (χ0) is 23.2. The maximum absolute atomic E-state index is 12.9. The number of nitrogens with zero attached hydrogens (tertiary/aromatic N) is 3. The third-order valence-corrected chi connectivity index (χ3v) is 5.51. The minimum absolute atomic E-state index is 0.291. The minimum Gasteiger partial charge on any atom is -0.369 e. The Kier molecular flexibility index (Phi) is 6.95. The summed E-state index contributed by atoms with van der Waals surface area (Å²) in [5.74, 6) is -0.265. The number of benzene rings is 1. The van der Waals surface area contributed by atoms with Crippen LogP contribution in [0.2, 0.25) is 0 Å². The largest absolute Gasteiger partial charge is 0.369 e. The fraction of sp³-hybridized carbons (Fsp3) is 0.280. The molecule has 1 saturated heterocycles. The van der Waals surface area contributed by atoms with Crippen molar-refractivity contribution in [2.24, 2.45) is 0 Å². The maximum atomic E-state index is 12.9. The maximum Gasteiger partial charge on any atom is 0.274 e. The highest BCUT2D eigenvalue weighted by Gasteiger charge is 2.17. The number of pyridine rings is 2. The second-order valence-corrected chi connectivity index (χ2v) is 8.17. The van der Waals surface area contributed by atoms with Crippen LogP contribution in [-0.4, -0.2) is 48.0 Å². The molecule has 170 valence electrons. The van der Waals surface area contributed by atoms with Crippen LogP contribution in [0.3, 0.4) is 0 Å². The molecule has 2 amide bonds. The number of anilines is 3. The summed E-state index contributed by atoms with van der Waals surface area (Å²) in [7, 11) is 0. The van der Waals surface area contributed by atoms with Gasteiger partial charge in [-0.3, -0.25) is 9.59 Å². The molecule has 33 heavy (non-hydrogen) atoms. The number of hydrogen-bond acceptors (Lipinski definition) is 6. The molecule has 0 atom stereocenters. The monoisotopic (exact) mass is 444 g/mol. The van der Waals surface area contributed by atoms with Gasteiger partial charge in [0.05, 0.1) is 23.1 Å². The molecule has 3 aromatic rings. The molecule has 0 saturated carbocycles. The molecule has 8 nitrogen and oxygen atoms in total. The Bertz CT molecular complexity index is 1120. The second kappa shape index (κ2) is 10.2. The first-order valence-electron chi connectivity index (χ1n) is 11.1. The van der Waals surface area contributed by atoms with Crippen LogP contribution in [0.4, 0.5) is 17.2 Å². The lowest BCUT2D eigenvalue weighted by atomic mass is 10.1. The van der Waals surface area contributed by atoms with Crippen molar-refractivity contribution in [1.82, 2.24) is 15.3 Å². The van der Waals surface area contributed by atoms with Crippen molar-refractivity contribution < 1.29 is 9.59 Å². The molecule has 2 aromatic heterocycles. The Morgan fingerprint density at radius 3 is 2.48 bits per heavy atom. The van der Waals surface area contributed by atoms with Crippen molar-refractivity contribution in [3.8, 4) is 0 Å². The van der Waals surface area contributed by atoms with Crippen molar-refractivity contribution >= 4 is 29.0 Å². The number of amides is 2. The SMILES string of the molecule is Cc1ccc(NC(=O)c2cc(C)ccc2NC(=O)c2ccc(N3CCCNCC3)cn2)nc1. The van der Waals surface area contributed by atoms with E-state index in [0.717, 1.165) is 49.4 Å². The van der Waals surface area contributed by atoms with E-state index in [1.807, 2.05) is 32.0 Å². The van der Waals surface area contributed by atoms with E-state index < -0.39 is 0 Å². The highest BCUT2D eigenvalue weighted by Crippen LogP contribution is 2.21. The Labute approximate surface area is 193 Å². The van der Waals surface area contributed by atoms with Gasteiger partial charge in [-0.1, -0.05) is 17.7 Å². The van der Waals surface area contributed by atoms with E-state index in [4.69, 9.17) is 0 Å². The molecule has 0 radical (unpaired) electrons. The average Bonchev–Trinajstić information content (AvgIpc) is 3.11. The fourth-order valence-electron chi connectivity index (χ4n) is 3.68. The molecule has 4 rings (SSSR count). The van der Waals surface area contributed by atoms with Crippen LogP contribution < -0.4 is 20.9 Å². The fourth-order valence-corrected chi connectivity index (χ4v) is 3.68. The Morgan fingerprint density at radius 2 is 1.73 bits per heavy atom. The third-order valence-electron chi connectivity index (χ3n) is 5.51. The first-order valence-corrected chi connectivity index (χ1v) is 11.1. The van der Waals surface area contributed by atoms with Gasteiger partial charge in [-0.25, -0.2) is 9.97 Å². The zero-order valence-electron chi connectivity index (χ0n) is 18.9. The second-order valence-electron chi connectivity index (χ2n) is 8.17. The molecular weight excluding hydrogens is 416 g/mol. The lowest BCUT2D eigenvalue weighted by molar-refractivity contribution is 0.102. The van der Waals surface area contributed by atoms with E-state index in [-0.39, 0.29) is 11.8 Å². The van der Waals surface area contributed by atoms with Crippen LogP contribution in [0, 0.1) is 13.8 Å². The number of carbonyl (C=O) groups is 2. The third kappa shape index (κ3) is 5.72. The summed E-state index contributed by atoms with van der Waals surface area (Å²) >= 11 is 0. The highest BCUT2D eigenvalue weighted by molar-refractivity contribution is 6.12. The van der Waals surface area contributed by atoms with Gasteiger partial charge >= 0.3 is 0 Å². The Balaban J connectivity index is 1.48. The van der Waals surface area contributed by atoms with Crippen molar-refractivity contribution in [2.75, 3.05) is 41.7 Å². The molecule has 1 aromatic carbocycles. The summed E-state index contributed by atoms with van der Waals surface area (Å²) in [5, 5.41) is 9.00. The molecule has 1 aliphatic rings. The molecule has 1 aliphatic heterocycles. The first kappa shape index (κ1) is 22.4. The van der Waals surface area contributed by atoms with E-state index in [1.54, 1.807) is 36.7 Å². The number of rotatable bonds is 5. The summed E-state index contributed by atoms with van der Waals surface area (Å²) < 4.78 is 0. The zero-order valence-corrected chi connectivity index (χ0v) is 18.9. The van der Waals surface area contributed by atoms with Gasteiger partial charge in [0.15, 0.2) is 0 Å². The molecule has 3 N–H and O–H groups in total. The van der Waals surface area contributed by atoms with Crippen LogP contribution in [0.15, 0.2) is 54.9 Å². The van der Waals surface area contributed by atoms with Gasteiger partial charge < -0.3 is 20.9 Å². The summed E-state index contributed by atoms with van der Waals surface area (Å²) in [6, 6.07) is 12.6. The number of nitrogens with one attached hydrogen (secondary N) is 3. The van der Waals surface area contributed by atoms with Gasteiger partial charge in [0.2, 0.25) is 0 Å². The molecule has 3 heterocycles. The molecule has 0 bridgehead atoms. The van der Waals surface area contributed by atoms with Gasteiger partial charge in [-0.2, -0.15) is 0 Å². The van der Waals surface area contributed by atoms with E-state index in [2.05, 4.69) is 30.8 Å². The highest BCUT2D eigenvalue weighted by atomic mass is 16.2. The van der Waals surface area contributed by atoms with Crippen LogP contribution >= 0.6 is 0 Å². The number of aromatic nitrogens is 2. The normalized spacial score (nSPS) is 13.8. The van der Waals surface area contributed by atoms with Crippen LogP contribution in [0.5, 0.6) is 0 Å². The average molecular weight is 445 g/mol. The standard InChI is InChI=1S/C25H28N6O2/c1-17-4-7-21(20(14-17)24(32)30-23-9-5-18(2)15-28-23)29-25(33)22-8-6-19(16-27-22)31-12-3-10-26-11-13-31/h4-9,14-16,26H,3,10-13H2,1-2H3,(H,29,33)(H,28,30,32). The van der Waals surface area contributed by atoms with Crippen LogP contribution in [0.1, 0.15) is 38.4 Å². The minimum atomic E-state index is -0.370. The van der Waals surface area contributed by atoms with E-state index >= 15 is 0 Å². The van der Waals surface area contributed by atoms with Crippen molar-refractivity contribution in [3.05, 3.63) is 77.2 Å². The summed E-state index contributed by atoms with van der Waals surface area (Å²) in [6.45, 7) is 7.63. The Hall–Kier alpha value is -3.78. The first-order chi connectivity index (χ1) is 16.0. The van der Waals surface area contributed by atoms with Crippen LogP contribution in [-0.2, 0) is 0 Å². The van der Waals surface area contributed by atoms with Gasteiger partial charge in [-0.05, 0) is 62.7 Å². The van der Waals surface area contributed by atoms with Crippen molar-refractivity contribution in [3.63, 3.8) is 0 Å². The van der Waals surface area contributed by atoms with E-state index in [0.29, 0.717) is 22.8 Å². The quantitative estimate of drug-likeness (QED) is 0.558.